The maximum atomic E-state index is 13.2. The van der Waals surface area contributed by atoms with Crippen LogP contribution in [-0.4, -0.2) is 5.91 Å². The van der Waals surface area contributed by atoms with Crippen LogP contribution in [0.2, 0.25) is 0 Å². The minimum Gasteiger partial charge on any atom is -0.396 e. The molecule has 3 N–H and O–H groups in total. The molecule has 1 aromatic heterocycles. The molecule has 100 valence electrons. The lowest BCUT2D eigenvalue weighted by molar-refractivity contribution is 0.0939. The summed E-state index contributed by atoms with van der Waals surface area (Å²) in [5, 5.41) is 4.80. The summed E-state index contributed by atoms with van der Waals surface area (Å²) in [6.07, 6.45) is 0. The Kier molecular flexibility index (Phi) is 4.21. The summed E-state index contributed by atoms with van der Waals surface area (Å²) in [5.74, 6) is -0.839. The van der Waals surface area contributed by atoms with Crippen molar-refractivity contribution in [2.24, 2.45) is 0 Å². The first kappa shape index (κ1) is 14.0. The molecule has 0 saturated carbocycles. The third-order valence-corrected chi connectivity index (χ3v) is 4.36. The van der Waals surface area contributed by atoms with Gasteiger partial charge in [-0.15, -0.1) is 11.3 Å². The zero-order valence-corrected chi connectivity index (χ0v) is 12.5. The first-order chi connectivity index (χ1) is 8.99. The first-order valence-corrected chi connectivity index (χ1v) is 7.25. The van der Waals surface area contributed by atoms with E-state index in [9.17, 15) is 9.18 Å². The van der Waals surface area contributed by atoms with Gasteiger partial charge in [-0.3, -0.25) is 4.79 Å². The number of benzene rings is 1. The highest BCUT2D eigenvalue weighted by Gasteiger charge is 2.16. The van der Waals surface area contributed by atoms with Gasteiger partial charge in [0.15, 0.2) is 0 Å². The van der Waals surface area contributed by atoms with Gasteiger partial charge in [0.1, 0.15) is 5.82 Å². The molecule has 0 fully saturated rings. The number of nitrogen functional groups attached to an aromatic ring is 1. The molecule has 0 aliphatic rings. The van der Waals surface area contributed by atoms with Crippen LogP contribution in [0.4, 0.5) is 10.1 Å². The summed E-state index contributed by atoms with van der Waals surface area (Å²) in [5.41, 5.74) is 5.76. The topological polar surface area (TPSA) is 55.1 Å². The monoisotopic (exact) mass is 342 g/mol. The number of hydrogen-bond acceptors (Lipinski definition) is 3. The molecular formula is C13H12BrFN2OS. The molecule has 1 heterocycles. The lowest BCUT2D eigenvalue weighted by Gasteiger charge is -2.13. The lowest BCUT2D eigenvalue weighted by atomic mass is 10.1. The van der Waals surface area contributed by atoms with Gasteiger partial charge in [-0.25, -0.2) is 4.39 Å². The first-order valence-electron chi connectivity index (χ1n) is 5.58. The zero-order chi connectivity index (χ0) is 14.0. The number of thiophene rings is 1. The van der Waals surface area contributed by atoms with Crippen molar-refractivity contribution in [3.8, 4) is 0 Å². The quantitative estimate of drug-likeness (QED) is 0.835. The van der Waals surface area contributed by atoms with Crippen molar-refractivity contribution in [3.63, 3.8) is 0 Å². The number of carbonyl (C=O) groups is 1. The van der Waals surface area contributed by atoms with Crippen molar-refractivity contribution < 1.29 is 9.18 Å². The Bertz CT molecular complexity index is 601. The predicted molar refractivity (Wildman–Crippen MR) is 78.7 cm³/mol. The molecule has 2 aromatic rings. The van der Waals surface area contributed by atoms with Crippen molar-refractivity contribution in [2.75, 3.05) is 5.73 Å². The third-order valence-electron chi connectivity index (χ3n) is 2.65. The van der Waals surface area contributed by atoms with Gasteiger partial charge in [-0.1, -0.05) is 6.07 Å². The number of carbonyl (C=O) groups excluding carboxylic acids is 1. The summed E-state index contributed by atoms with van der Waals surface area (Å²) in [6, 6.07) is 6.29. The van der Waals surface area contributed by atoms with E-state index in [2.05, 4.69) is 21.2 Å². The molecule has 2 rings (SSSR count). The Hall–Kier alpha value is -1.40. The van der Waals surface area contributed by atoms with E-state index in [1.807, 2.05) is 24.4 Å². The maximum Gasteiger partial charge on any atom is 0.253 e. The molecule has 0 saturated heterocycles. The molecule has 1 aromatic carbocycles. The second-order valence-electron chi connectivity index (χ2n) is 4.06. The number of nitrogens with one attached hydrogen (secondary N) is 1. The van der Waals surface area contributed by atoms with Crippen molar-refractivity contribution in [1.82, 2.24) is 5.32 Å². The fourth-order valence-electron chi connectivity index (χ4n) is 1.62. The number of amides is 1. The third kappa shape index (κ3) is 3.13. The lowest BCUT2D eigenvalue weighted by Crippen LogP contribution is -2.26. The Morgan fingerprint density at radius 2 is 2.26 bits per heavy atom. The Balaban J connectivity index is 2.19. The van der Waals surface area contributed by atoms with E-state index >= 15 is 0 Å². The summed E-state index contributed by atoms with van der Waals surface area (Å²) >= 11 is 4.73. The average Bonchev–Trinajstić information content (AvgIpc) is 2.87. The fraction of sp³-hybridized carbons (Fsp3) is 0.154. The van der Waals surface area contributed by atoms with Crippen LogP contribution < -0.4 is 11.1 Å². The van der Waals surface area contributed by atoms with E-state index in [-0.39, 0.29) is 17.6 Å². The summed E-state index contributed by atoms with van der Waals surface area (Å²) < 4.78 is 13.6. The van der Waals surface area contributed by atoms with E-state index in [1.165, 1.54) is 12.1 Å². The average molecular weight is 343 g/mol. The minimum absolute atomic E-state index is 0.0443. The van der Waals surface area contributed by atoms with Gasteiger partial charge < -0.3 is 11.1 Å². The van der Waals surface area contributed by atoms with Crippen LogP contribution in [0.15, 0.2) is 34.1 Å². The van der Waals surface area contributed by atoms with Gasteiger partial charge in [0.2, 0.25) is 0 Å². The van der Waals surface area contributed by atoms with Gasteiger partial charge >= 0.3 is 0 Å². The molecule has 6 heteroatoms. The normalized spacial score (nSPS) is 12.2. The molecule has 19 heavy (non-hydrogen) atoms. The fourth-order valence-corrected chi connectivity index (χ4v) is 2.85. The number of nitrogens with two attached hydrogens (primary N) is 1. The molecule has 1 amide bonds. The van der Waals surface area contributed by atoms with Crippen LogP contribution in [-0.2, 0) is 0 Å². The molecule has 3 nitrogen and oxygen atoms in total. The van der Waals surface area contributed by atoms with E-state index < -0.39 is 5.82 Å². The molecule has 0 bridgehead atoms. The van der Waals surface area contributed by atoms with Crippen LogP contribution in [0.5, 0.6) is 0 Å². The summed E-state index contributed by atoms with van der Waals surface area (Å²) in [6.45, 7) is 1.89. The molecule has 1 atom stereocenters. The minimum atomic E-state index is -0.547. The van der Waals surface area contributed by atoms with Crippen molar-refractivity contribution in [2.45, 2.75) is 13.0 Å². The second kappa shape index (κ2) is 5.71. The molecule has 0 aliphatic heterocycles. The highest BCUT2D eigenvalue weighted by Crippen LogP contribution is 2.24. The molecule has 0 aliphatic carbocycles. The summed E-state index contributed by atoms with van der Waals surface area (Å²) in [7, 11) is 0. The number of anilines is 1. The van der Waals surface area contributed by atoms with Gasteiger partial charge in [-0.05, 0) is 46.4 Å². The Morgan fingerprint density at radius 3 is 2.89 bits per heavy atom. The van der Waals surface area contributed by atoms with Crippen molar-refractivity contribution in [1.29, 1.82) is 0 Å². The highest BCUT2D eigenvalue weighted by atomic mass is 79.9. The van der Waals surface area contributed by atoms with Crippen molar-refractivity contribution in [3.05, 3.63) is 50.4 Å². The largest absolute Gasteiger partial charge is 0.396 e. The van der Waals surface area contributed by atoms with Crippen LogP contribution in [0.25, 0.3) is 0 Å². The van der Waals surface area contributed by atoms with E-state index in [0.29, 0.717) is 10.0 Å². The van der Waals surface area contributed by atoms with Crippen LogP contribution in [0.1, 0.15) is 28.2 Å². The predicted octanol–water partition coefficient (Wildman–Crippen LogP) is 3.72. The standard InChI is InChI=1S/C13H12BrFN2OS/c1-7(12-3-2-4-19-12)17-13(18)8-5-11(16)10(15)6-9(8)14/h2-7H,16H2,1H3,(H,17,18). The van der Waals surface area contributed by atoms with Gasteiger partial charge in [0.05, 0.1) is 17.3 Å². The summed E-state index contributed by atoms with van der Waals surface area (Å²) in [4.78, 5) is 13.2. The van der Waals surface area contributed by atoms with Gasteiger partial charge in [0, 0.05) is 9.35 Å². The maximum absolute atomic E-state index is 13.2. The molecule has 0 radical (unpaired) electrons. The molecule has 1 unspecified atom stereocenters. The Morgan fingerprint density at radius 1 is 1.53 bits per heavy atom. The number of rotatable bonds is 3. The van der Waals surface area contributed by atoms with E-state index in [4.69, 9.17) is 5.73 Å². The van der Waals surface area contributed by atoms with Crippen LogP contribution in [0.3, 0.4) is 0 Å². The molecule has 0 spiro atoms. The number of halogens is 2. The van der Waals surface area contributed by atoms with Crippen molar-refractivity contribution >= 4 is 38.9 Å². The number of hydrogen-bond donors (Lipinski definition) is 2. The van der Waals surface area contributed by atoms with Crippen LogP contribution in [0, 0.1) is 5.82 Å². The van der Waals surface area contributed by atoms with E-state index in [1.54, 1.807) is 11.3 Å². The zero-order valence-electron chi connectivity index (χ0n) is 10.1. The SMILES string of the molecule is CC(NC(=O)c1cc(N)c(F)cc1Br)c1cccs1. The second-order valence-corrected chi connectivity index (χ2v) is 5.90. The van der Waals surface area contributed by atoms with Crippen LogP contribution >= 0.6 is 27.3 Å². The highest BCUT2D eigenvalue weighted by molar-refractivity contribution is 9.10. The Labute approximate surface area is 122 Å². The van der Waals surface area contributed by atoms with Gasteiger partial charge in [0.25, 0.3) is 5.91 Å². The van der Waals surface area contributed by atoms with Gasteiger partial charge in [-0.2, -0.15) is 0 Å². The smallest absolute Gasteiger partial charge is 0.253 e. The molecular weight excluding hydrogens is 331 g/mol. The van der Waals surface area contributed by atoms with E-state index in [0.717, 1.165) is 4.88 Å².